The highest BCUT2D eigenvalue weighted by Crippen LogP contribution is 2.35. The molecule has 2 heterocycles. The van der Waals surface area contributed by atoms with Crippen LogP contribution >= 0.6 is 15.2 Å². The fourth-order valence-electron chi connectivity index (χ4n) is 3.82. The van der Waals surface area contributed by atoms with Crippen molar-refractivity contribution in [3.05, 3.63) is 0 Å². The zero-order chi connectivity index (χ0) is 19.9. The van der Waals surface area contributed by atoms with Crippen LogP contribution in [-0.2, 0) is 9.13 Å². The SMILES string of the molecule is O=P(O)(O)CN1CCCN2CCCN(CCCN(CP(=O)(O)O)CC2)CC1. The molecule has 0 spiro atoms. The molecule has 160 valence electrons. The minimum Gasteiger partial charge on any atom is -0.324 e. The van der Waals surface area contributed by atoms with Crippen molar-refractivity contribution in [2.45, 2.75) is 19.3 Å². The molecule has 2 atom stereocenters. The third kappa shape index (κ3) is 10.5. The van der Waals surface area contributed by atoms with E-state index in [1.807, 2.05) is 9.80 Å². The Hall–Kier alpha value is 0.140. The van der Waals surface area contributed by atoms with E-state index in [4.69, 9.17) is 0 Å². The van der Waals surface area contributed by atoms with Gasteiger partial charge in [-0.25, -0.2) is 0 Å². The van der Waals surface area contributed by atoms with Gasteiger partial charge in [0.15, 0.2) is 0 Å². The van der Waals surface area contributed by atoms with Crippen molar-refractivity contribution >= 4 is 15.2 Å². The summed E-state index contributed by atoms with van der Waals surface area (Å²) < 4.78 is 22.8. The molecule has 2 unspecified atom stereocenters. The van der Waals surface area contributed by atoms with Gasteiger partial charge >= 0.3 is 15.2 Å². The fourth-order valence-corrected chi connectivity index (χ4v) is 5.43. The molecular weight excluding hydrogens is 394 g/mol. The maximum absolute atomic E-state index is 11.4. The van der Waals surface area contributed by atoms with Crippen LogP contribution in [0.2, 0.25) is 0 Å². The molecule has 0 aliphatic carbocycles. The van der Waals surface area contributed by atoms with Gasteiger partial charge < -0.3 is 29.4 Å². The van der Waals surface area contributed by atoms with E-state index in [2.05, 4.69) is 9.80 Å². The number of rotatable bonds is 4. The summed E-state index contributed by atoms with van der Waals surface area (Å²) in [4.78, 5) is 45.6. The summed E-state index contributed by atoms with van der Waals surface area (Å²) in [6, 6.07) is 0. The predicted octanol–water partition coefficient (Wildman–Crippen LogP) is -0.338. The summed E-state index contributed by atoms with van der Waals surface area (Å²) in [6.45, 7) is 7.52. The average molecular weight is 428 g/mol. The minimum absolute atomic E-state index is 0.198. The normalized spacial score (nSPS) is 28.6. The highest BCUT2D eigenvalue weighted by Gasteiger charge is 2.23. The first-order valence-corrected chi connectivity index (χ1v) is 13.2. The molecule has 2 fully saturated rings. The van der Waals surface area contributed by atoms with Gasteiger partial charge in [0.05, 0.1) is 0 Å². The fraction of sp³-hybridized carbons (Fsp3) is 1.00. The topological polar surface area (TPSA) is 128 Å². The summed E-state index contributed by atoms with van der Waals surface area (Å²) in [5.41, 5.74) is 0. The predicted molar refractivity (Wildman–Crippen MR) is 104 cm³/mol. The van der Waals surface area contributed by atoms with Crippen LogP contribution in [0, 0.1) is 0 Å². The van der Waals surface area contributed by atoms with Crippen molar-refractivity contribution in [1.29, 1.82) is 0 Å². The Labute approximate surface area is 161 Å². The van der Waals surface area contributed by atoms with Gasteiger partial charge in [0.2, 0.25) is 0 Å². The Morgan fingerprint density at radius 1 is 0.519 bits per heavy atom. The van der Waals surface area contributed by atoms with E-state index in [-0.39, 0.29) is 12.6 Å². The molecule has 0 aromatic carbocycles. The maximum atomic E-state index is 11.4. The highest BCUT2D eigenvalue weighted by atomic mass is 31.2. The summed E-state index contributed by atoms with van der Waals surface area (Å²) in [5.74, 6) is 0. The molecule has 2 aliphatic heterocycles. The smallest absolute Gasteiger partial charge is 0.324 e. The number of fused-ring (bicyclic) bond motifs is 4. The summed E-state index contributed by atoms with van der Waals surface area (Å²) in [5, 5.41) is 0. The molecule has 12 heteroatoms. The third-order valence-corrected chi connectivity index (χ3v) is 6.62. The largest absolute Gasteiger partial charge is 0.339 e. The molecule has 0 saturated carbocycles. The lowest BCUT2D eigenvalue weighted by Crippen LogP contribution is -2.39. The molecule has 2 bridgehead atoms. The molecule has 0 aromatic heterocycles. The molecule has 27 heavy (non-hydrogen) atoms. The lowest BCUT2D eigenvalue weighted by molar-refractivity contribution is 0.188. The quantitative estimate of drug-likeness (QED) is 0.442. The van der Waals surface area contributed by atoms with Crippen molar-refractivity contribution in [3.63, 3.8) is 0 Å². The summed E-state index contributed by atoms with van der Waals surface area (Å²) in [7, 11) is -8.14. The van der Waals surface area contributed by atoms with Crippen LogP contribution in [0.4, 0.5) is 0 Å². The van der Waals surface area contributed by atoms with Crippen LogP contribution in [-0.4, -0.2) is 117 Å². The lowest BCUT2D eigenvalue weighted by Gasteiger charge is -2.29. The van der Waals surface area contributed by atoms with Gasteiger partial charge in [-0.2, -0.15) is 0 Å². The maximum Gasteiger partial charge on any atom is 0.339 e. The third-order valence-electron chi connectivity index (χ3n) is 5.08. The van der Waals surface area contributed by atoms with Gasteiger partial charge in [-0.05, 0) is 45.4 Å². The van der Waals surface area contributed by atoms with E-state index in [0.717, 1.165) is 58.5 Å². The summed E-state index contributed by atoms with van der Waals surface area (Å²) in [6.07, 6.45) is 2.27. The van der Waals surface area contributed by atoms with Crippen LogP contribution in [0.25, 0.3) is 0 Å². The number of hydrogen-bond acceptors (Lipinski definition) is 6. The van der Waals surface area contributed by atoms with Gasteiger partial charge in [0.25, 0.3) is 0 Å². The summed E-state index contributed by atoms with van der Waals surface area (Å²) >= 11 is 0. The Balaban J connectivity index is 2.04. The Bertz CT molecular complexity index is 496. The van der Waals surface area contributed by atoms with E-state index in [9.17, 15) is 28.7 Å². The molecule has 2 rings (SSSR count). The first kappa shape index (κ1) is 23.4. The molecule has 0 aromatic rings. The van der Waals surface area contributed by atoms with Gasteiger partial charge in [-0.3, -0.25) is 18.9 Å². The van der Waals surface area contributed by atoms with Crippen LogP contribution < -0.4 is 0 Å². The van der Waals surface area contributed by atoms with E-state index in [1.165, 1.54) is 0 Å². The molecule has 0 amide bonds. The van der Waals surface area contributed by atoms with E-state index in [1.54, 1.807) is 0 Å². The van der Waals surface area contributed by atoms with E-state index in [0.29, 0.717) is 26.2 Å². The van der Waals surface area contributed by atoms with Crippen molar-refractivity contribution in [2.75, 3.05) is 78.0 Å². The second kappa shape index (κ2) is 10.8. The van der Waals surface area contributed by atoms with Crippen molar-refractivity contribution in [3.8, 4) is 0 Å². The van der Waals surface area contributed by atoms with E-state index < -0.39 is 15.2 Å². The lowest BCUT2D eigenvalue weighted by atomic mass is 10.3. The van der Waals surface area contributed by atoms with Crippen LogP contribution in [0.5, 0.6) is 0 Å². The van der Waals surface area contributed by atoms with Crippen molar-refractivity contribution < 1.29 is 28.7 Å². The molecular formula is C15H34N4O6P2. The highest BCUT2D eigenvalue weighted by molar-refractivity contribution is 7.51. The second-order valence-corrected chi connectivity index (χ2v) is 10.8. The monoisotopic (exact) mass is 428 g/mol. The first-order valence-electron chi connectivity index (χ1n) is 9.59. The second-order valence-electron chi connectivity index (χ2n) is 7.59. The van der Waals surface area contributed by atoms with Crippen molar-refractivity contribution in [2.24, 2.45) is 0 Å². The molecule has 2 saturated heterocycles. The van der Waals surface area contributed by atoms with Gasteiger partial charge in [-0.15, -0.1) is 0 Å². The Morgan fingerprint density at radius 3 is 1.19 bits per heavy atom. The first-order chi connectivity index (χ1) is 12.6. The van der Waals surface area contributed by atoms with Gasteiger partial charge in [-0.1, -0.05) is 0 Å². The van der Waals surface area contributed by atoms with Crippen LogP contribution in [0.15, 0.2) is 0 Å². The molecule has 10 nitrogen and oxygen atoms in total. The van der Waals surface area contributed by atoms with E-state index >= 15 is 0 Å². The zero-order valence-electron chi connectivity index (χ0n) is 15.9. The minimum atomic E-state index is -4.07. The molecule has 4 N–H and O–H groups in total. The van der Waals surface area contributed by atoms with Gasteiger partial charge in [0, 0.05) is 39.3 Å². The molecule has 2 aliphatic rings. The Morgan fingerprint density at radius 2 is 0.852 bits per heavy atom. The average Bonchev–Trinajstić information content (AvgIpc) is 2.58. The van der Waals surface area contributed by atoms with Gasteiger partial charge in [0.1, 0.15) is 12.6 Å². The zero-order valence-corrected chi connectivity index (χ0v) is 17.7. The number of nitrogens with zero attached hydrogens (tertiary/aromatic N) is 4. The number of hydrogen-bond donors (Lipinski definition) is 4. The van der Waals surface area contributed by atoms with Crippen molar-refractivity contribution in [1.82, 2.24) is 19.6 Å². The van der Waals surface area contributed by atoms with Crippen LogP contribution in [0.3, 0.4) is 0 Å². The molecule has 0 radical (unpaired) electrons. The Kier molecular flexibility index (Phi) is 9.35. The standard InChI is InChI=1S/C15H34N4O6P2/c20-26(21,22)14-18-8-2-6-16-4-1-5-17(11-12-18)7-3-9-19(13-10-16)15-27(23,24)25/h1-15H2,(H2,20,21,22)(H2,23,24,25). The van der Waals surface area contributed by atoms with Crippen LogP contribution in [0.1, 0.15) is 19.3 Å².